The van der Waals surface area contributed by atoms with E-state index in [1.807, 2.05) is 44.2 Å². The van der Waals surface area contributed by atoms with Crippen molar-refractivity contribution in [1.29, 1.82) is 0 Å². The van der Waals surface area contributed by atoms with Crippen molar-refractivity contribution < 1.29 is 0 Å². The fourth-order valence-corrected chi connectivity index (χ4v) is 0.957. The molecule has 0 radical (unpaired) electrons. The summed E-state index contributed by atoms with van der Waals surface area (Å²) in [6.07, 6.45) is 11.7. The fraction of sp³-hybridized carbons (Fsp3) is 0.167. The summed E-state index contributed by atoms with van der Waals surface area (Å²) in [6.45, 7) is 11.4. The smallest absolute Gasteiger partial charge is 0.0191 e. The van der Waals surface area contributed by atoms with Crippen molar-refractivity contribution in [3.05, 3.63) is 60.8 Å². The minimum atomic E-state index is 1.13. The molecule has 0 aliphatic carbocycles. The Labute approximate surface area is 75.3 Å². The van der Waals surface area contributed by atoms with Gasteiger partial charge in [-0.05, 0) is 25.0 Å². The van der Waals surface area contributed by atoms with Crippen molar-refractivity contribution in [2.75, 3.05) is 0 Å². The zero-order valence-electron chi connectivity index (χ0n) is 7.88. The van der Waals surface area contributed by atoms with Gasteiger partial charge in [0.15, 0.2) is 0 Å². The van der Waals surface area contributed by atoms with E-state index in [1.54, 1.807) is 6.08 Å². The van der Waals surface area contributed by atoms with E-state index in [4.69, 9.17) is 0 Å². The largest absolute Gasteiger partial charge is 0.0990 e. The van der Waals surface area contributed by atoms with Crippen LogP contribution in [0.3, 0.4) is 0 Å². The van der Waals surface area contributed by atoms with Crippen LogP contribution >= 0.6 is 0 Å². The Kier molecular flexibility index (Phi) is 5.72. The molecule has 0 bridgehead atoms. The first-order valence-corrected chi connectivity index (χ1v) is 4.04. The molecular weight excluding hydrogens is 144 g/mol. The van der Waals surface area contributed by atoms with E-state index in [1.165, 1.54) is 0 Å². The highest BCUT2D eigenvalue weighted by Crippen LogP contribution is 2.12. The summed E-state index contributed by atoms with van der Waals surface area (Å²) in [5, 5.41) is 0. The van der Waals surface area contributed by atoms with Gasteiger partial charge in [-0.15, -0.1) is 0 Å². The third kappa shape index (κ3) is 3.20. The molecule has 0 nitrogen and oxygen atoms in total. The summed E-state index contributed by atoms with van der Waals surface area (Å²) in [7, 11) is 0. The molecular formula is C12H16. The Balaban J connectivity index is 4.84. The van der Waals surface area contributed by atoms with Crippen LogP contribution in [0.5, 0.6) is 0 Å². The lowest BCUT2D eigenvalue weighted by molar-refractivity contribution is 1.49. The van der Waals surface area contributed by atoms with Crippen LogP contribution in [0.4, 0.5) is 0 Å². The molecule has 0 aromatic rings. The molecule has 0 heteroatoms. The minimum Gasteiger partial charge on any atom is -0.0990 e. The highest BCUT2D eigenvalue weighted by Gasteiger charge is 1.92. The van der Waals surface area contributed by atoms with Gasteiger partial charge in [0, 0.05) is 0 Å². The highest BCUT2D eigenvalue weighted by atomic mass is 14.0. The van der Waals surface area contributed by atoms with Crippen LogP contribution in [0.2, 0.25) is 0 Å². The van der Waals surface area contributed by atoms with Crippen molar-refractivity contribution in [2.45, 2.75) is 13.8 Å². The van der Waals surface area contributed by atoms with Crippen LogP contribution in [0.25, 0.3) is 0 Å². The molecule has 0 N–H and O–H groups in total. The van der Waals surface area contributed by atoms with Crippen molar-refractivity contribution in [3.8, 4) is 0 Å². The molecule has 0 amide bonds. The van der Waals surface area contributed by atoms with Crippen molar-refractivity contribution >= 4 is 0 Å². The van der Waals surface area contributed by atoms with E-state index < -0.39 is 0 Å². The zero-order valence-corrected chi connectivity index (χ0v) is 7.88. The lowest BCUT2D eigenvalue weighted by Gasteiger charge is -2.00. The zero-order chi connectivity index (χ0) is 9.40. The van der Waals surface area contributed by atoms with Gasteiger partial charge >= 0.3 is 0 Å². The maximum absolute atomic E-state index is 3.74. The average Bonchev–Trinajstić information content (AvgIpc) is 2.07. The molecule has 0 aromatic carbocycles. The van der Waals surface area contributed by atoms with Crippen LogP contribution in [0, 0.1) is 0 Å². The van der Waals surface area contributed by atoms with Gasteiger partial charge < -0.3 is 0 Å². The minimum absolute atomic E-state index is 1.13. The van der Waals surface area contributed by atoms with Crippen LogP contribution in [0.15, 0.2) is 60.8 Å². The first kappa shape index (κ1) is 10.7. The molecule has 0 aromatic heterocycles. The van der Waals surface area contributed by atoms with E-state index in [0.717, 1.165) is 11.1 Å². The maximum Gasteiger partial charge on any atom is -0.0191 e. The second kappa shape index (κ2) is 6.41. The Bertz CT molecular complexity index is 237. The molecule has 64 valence electrons. The van der Waals surface area contributed by atoms with E-state index in [9.17, 15) is 0 Å². The molecule has 0 aliphatic heterocycles. The molecule has 0 unspecified atom stereocenters. The summed E-state index contributed by atoms with van der Waals surface area (Å²) in [5.41, 5.74) is 2.28. The lowest BCUT2D eigenvalue weighted by atomic mass is 10.1. The standard InChI is InChI=1S/C12H16/c1-5-9-12(10-6-2)11(7-3)8-4/h5-10H,1,3H2,2,4H3/b10-6-,11-8-,12-9-. The third-order valence-electron chi connectivity index (χ3n) is 1.51. The van der Waals surface area contributed by atoms with Crippen LogP contribution in [-0.4, -0.2) is 0 Å². The van der Waals surface area contributed by atoms with Crippen LogP contribution in [-0.2, 0) is 0 Å². The Morgan fingerprint density at radius 3 is 2.08 bits per heavy atom. The van der Waals surface area contributed by atoms with Crippen molar-refractivity contribution in [1.82, 2.24) is 0 Å². The van der Waals surface area contributed by atoms with Crippen LogP contribution in [0.1, 0.15) is 13.8 Å². The fourth-order valence-electron chi connectivity index (χ4n) is 0.957. The Morgan fingerprint density at radius 1 is 1.08 bits per heavy atom. The summed E-state index contributed by atoms with van der Waals surface area (Å²) in [6, 6.07) is 0. The molecule has 0 aliphatic rings. The SMILES string of the molecule is C=C/C=C(/C=C\C)C(\C=C)=C/C. The summed E-state index contributed by atoms with van der Waals surface area (Å²) in [5.74, 6) is 0. The predicted octanol–water partition coefficient (Wildman–Crippen LogP) is 3.81. The second-order valence-electron chi connectivity index (χ2n) is 2.31. The normalized spacial score (nSPS) is 13.5. The maximum atomic E-state index is 3.74. The monoisotopic (exact) mass is 160 g/mol. The molecule has 0 fully saturated rings. The number of rotatable bonds is 4. The molecule has 0 spiro atoms. The van der Waals surface area contributed by atoms with Gasteiger partial charge in [0.1, 0.15) is 0 Å². The summed E-state index contributed by atoms with van der Waals surface area (Å²) < 4.78 is 0. The van der Waals surface area contributed by atoms with Gasteiger partial charge in [0.05, 0.1) is 0 Å². The number of hydrogen-bond acceptors (Lipinski definition) is 0. The van der Waals surface area contributed by atoms with E-state index >= 15 is 0 Å². The second-order valence-corrected chi connectivity index (χ2v) is 2.31. The number of allylic oxidation sites excluding steroid dienone is 8. The molecule has 0 saturated heterocycles. The Morgan fingerprint density at radius 2 is 1.75 bits per heavy atom. The van der Waals surface area contributed by atoms with Gasteiger partial charge in [-0.2, -0.15) is 0 Å². The topological polar surface area (TPSA) is 0 Å². The molecule has 0 heterocycles. The first-order chi connectivity index (χ1) is 5.79. The van der Waals surface area contributed by atoms with Gasteiger partial charge in [-0.1, -0.05) is 49.6 Å². The Hall–Kier alpha value is -1.30. The lowest BCUT2D eigenvalue weighted by Crippen LogP contribution is -1.80. The molecule has 0 atom stereocenters. The molecule has 0 saturated carbocycles. The average molecular weight is 160 g/mol. The summed E-state index contributed by atoms with van der Waals surface area (Å²) >= 11 is 0. The van der Waals surface area contributed by atoms with Crippen molar-refractivity contribution in [3.63, 3.8) is 0 Å². The predicted molar refractivity (Wildman–Crippen MR) is 57.0 cm³/mol. The van der Waals surface area contributed by atoms with E-state index in [2.05, 4.69) is 13.2 Å². The van der Waals surface area contributed by atoms with E-state index in [0.29, 0.717) is 0 Å². The van der Waals surface area contributed by atoms with E-state index in [-0.39, 0.29) is 0 Å². The van der Waals surface area contributed by atoms with Gasteiger partial charge in [0.2, 0.25) is 0 Å². The van der Waals surface area contributed by atoms with Gasteiger partial charge in [0.25, 0.3) is 0 Å². The highest BCUT2D eigenvalue weighted by molar-refractivity contribution is 5.46. The molecule has 12 heavy (non-hydrogen) atoms. The third-order valence-corrected chi connectivity index (χ3v) is 1.51. The molecule has 0 rings (SSSR count). The quantitative estimate of drug-likeness (QED) is 0.549. The van der Waals surface area contributed by atoms with Crippen molar-refractivity contribution in [2.24, 2.45) is 0 Å². The van der Waals surface area contributed by atoms with Gasteiger partial charge in [-0.3, -0.25) is 0 Å². The first-order valence-electron chi connectivity index (χ1n) is 4.04. The van der Waals surface area contributed by atoms with Gasteiger partial charge in [-0.25, -0.2) is 0 Å². The summed E-state index contributed by atoms with van der Waals surface area (Å²) in [4.78, 5) is 0. The van der Waals surface area contributed by atoms with Crippen LogP contribution < -0.4 is 0 Å². The number of hydrogen-bond donors (Lipinski definition) is 0.